The van der Waals surface area contributed by atoms with Crippen molar-refractivity contribution in [3.05, 3.63) is 59.2 Å². The number of ether oxygens (including phenoxy) is 2. The van der Waals surface area contributed by atoms with Gasteiger partial charge in [-0.2, -0.15) is 5.10 Å². The molecular formula is C25H28N6O5S. The third kappa shape index (κ3) is 4.77. The Morgan fingerprint density at radius 3 is 2.95 bits per heavy atom. The number of anilines is 1. The Kier molecular flexibility index (Phi) is 6.61. The summed E-state index contributed by atoms with van der Waals surface area (Å²) in [6, 6.07) is 4.97. The molecule has 0 radical (unpaired) electrons. The van der Waals surface area contributed by atoms with E-state index in [1.807, 2.05) is 19.1 Å². The maximum Gasteiger partial charge on any atom is 0.333 e. The van der Waals surface area contributed by atoms with Crippen molar-refractivity contribution in [1.82, 2.24) is 19.5 Å². The minimum Gasteiger partial charge on any atom is -0.474 e. The highest BCUT2D eigenvalue weighted by atomic mass is 32.2. The zero-order chi connectivity index (χ0) is 26.2. The van der Waals surface area contributed by atoms with Crippen LogP contribution in [-0.4, -0.2) is 49.0 Å². The highest BCUT2D eigenvalue weighted by Crippen LogP contribution is 2.40. The first-order chi connectivity index (χ1) is 17.8. The number of methoxy groups -OCH3 is 1. The lowest BCUT2D eigenvalue weighted by Crippen LogP contribution is -2.36. The number of rotatable bonds is 6. The first kappa shape index (κ1) is 24.8. The lowest BCUT2D eigenvalue weighted by molar-refractivity contribution is 0.0165. The molecule has 0 saturated carbocycles. The van der Waals surface area contributed by atoms with E-state index in [2.05, 4.69) is 26.2 Å². The zero-order valence-corrected chi connectivity index (χ0v) is 21.3. The van der Waals surface area contributed by atoms with Crippen molar-refractivity contribution < 1.29 is 22.7 Å². The molecule has 194 valence electrons. The van der Waals surface area contributed by atoms with E-state index in [0.29, 0.717) is 17.9 Å². The Morgan fingerprint density at radius 2 is 2.16 bits per heavy atom. The molecule has 2 aromatic heterocycles. The number of nitrogens with two attached hydrogens (primary N) is 1. The summed E-state index contributed by atoms with van der Waals surface area (Å²) in [7, 11) is -2.72. The molecule has 2 aliphatic rings. The van der Waals surface area contributed by atoms with Gasteiger partial charge in [-0.15, -0.1) is 0 Å². The second-order valence-corrected chi connectivity index (χ2v) is 10.6. The maximum absolute atomic E-state index is 13.1. The summed E-state index contributed by atoms with van der Waals surface area (Å²) in [5.74, 6) is 0.0722. The van der Waals surface area contributed by atoms with E-state index >= 15 is 0 Å². The molecule has 12 heteroatoms. The number of nitrogens with zero attached hydrogens (tertiary/aromatic N) is 3. The molecule has 0 spiro atoms. The van der Waals surface area contributed by atoms with Crippen molar-refractivity contribution in [3.8, 4) is 17.0 Å². The topological polar surface area (TPSA) is 150 Å². The summed E-state index contributed by atoms with van der Waals surface area (Å²) in [5.41, 5.74) is 11.5. The van der Waals surface area contributed by atoms with Gasteiger partial charge in [0.1, 0.15) is 12.7 Å². The van der Waals surface area contributed by atoms with Gasteiger partial charge in [-0.25, -0.2) is 22.6 Å². The molecule has 0 fully saturated rings. The van der Waals surface area contributed by atoms with Crippen LogP contribution < -0.4 is 20.5 Å². The highest BCUT2D eigenvalue weighted by molar-refractivity contribution is 7.90. The summed E-state index contributed by atoms with van der Waals surface area (Å²) in [4.78, 5) is 17.2. The Bertz CT molecular complexity index is 1500. The van der Waals surface area contributed by atoms with Crippen LogP contribution in [0.5, 0.6) is 5.88 Å². The number of pyridine rings is 1. The van der Waals surface area contributed by atoms with Gasteiger partial charge in [0, 0.05) is 18.9 Å². The van der Waals surface area contributed by atoms with Crippen LogP contribution in [0.3, 0.4) is 0 Å². The highest BCUT2D eigenvalue weighted by Gasteiger charge is 2.31. The number of nitrogens with one attached hydrogen (secondary N) is 2. The number of benzene rings is 1. The number of urea groups is 1. The molecule has 1 aliphatic carbocycles. The number of hydrogen-bond acceptors (Lipinski definition) is 8. The molecule has 5 rings (SSSR count). The van der Waals surface area contributed by atoms with E-state index in [0.717, 1.165) is 47.1 Å². The van der Waals surface area contributed by atoms with Crippen molar-refractivity contribution in [2.24, 2.45) is 5.73 Å². The third-order valence-electron chi connectivity index (χ3n) is 6.56. The third-order valence-corrected chi connectivity index (χ3v) is 7.88. The number of aromatic nitrogens is 3. The second kappa shape index (κ2) is 9.87. The summed E-state index contributed by atoms with van der Waals surface area (Å²) < 4.78 is 40.6. The molecule has 1 atom stereocenters. The number of hydrogen-bond donors (Lipinski definition) is 3. The largest absolute Gasteiger partial charge is 0.474 e. The Balaban J connectivity index is 1.47. The first-order valence-electron chi connectivity index (χ1n) is 11.9. The summed E-state index contributed by atoms with van der Waals surface area (Å²) in [5, 5.41) is 6.92. The molecule has 2 amide bonds. The van der Waals surface area contributed by atoms with E-state index in [1.165, 1.54) is 17.1 Å². The molecule has 11 nitrogen and oxygen atoms in total. The van der Waals surface area contributed by atoms with E-state index in [9.17, 15) is 13.2 Å². The van der Waals surface area contributed by atoms with Gasteiger partial charge >= 0.3 is 6.03 Å². The van der Waals surface area contributed by atoms with Crippen molar-refractivity contribution >= 4 is 27.8 Å². The fourth-order valence-corrected chi connectivity index (χ4v) is 5.88. The molecule has 37 heavy (non-hydrogen) atoms. The SMILES string of the molecule is COC1COc2c(S(=O)(=O)NC(=O)Nc3c4c(cc(C)c3-c3ccnc(/C=C\N)c3)CCC4)cnn2C1. The molecule has 1 aromatic carbocycles. The van der Waals surface area contributed by atoms with Crippen molar-refractivity contribution in [2.75, 3.05) is 19.0 Å². The summed E-state index contributed by atoms with van der Waals surface area (Å²) in [6.07, 6.45) is 8.31. The van der Waals surface area contributed by atoms with Crippen LogP contribution in [0.15, 0.2) is 41.7 Å². The van der Waals surface area contributed by atoms with Crippen LogP contribution in [0.25, 0.3) is 17.2 Å². The average Bonchev–Trinajstić information content (AvgIpc) is 3.51. The summed E-state index contributed by atoms with van der Waals surface area (Å²) >= 11 is 0. The van der Waals surface area contributed by atoms with Crippen LogP contribution in [0.1, 0.15) is 28.8 Å². The predicted octanol–water partition coefficient (Wildman–Crippen LogP) is 2.59. The van der Waals surface area contributed by atoms with Crippen LogP contribution >= 0.6 is 0 Å². The minimum absolute atomic E-state index is 0.0722. The van der Waals surface area contributed by atoms with Gasteiger partial charge in [-0.1, -0.05) is 6.07 Å². The van der Waals surface area contributed by atoms with Crippen LogP contribution in [-0.2, 0) is 34.1 Å². The van der Waals surface area contributed by atoms with Crippen LogP contribution in [0.2, 0.25) is 0 Å². The monoisotopic (exact) mass is 524 g/mol. The fourth-order valence-electron chi connectivity index (χ4n) is 4.89. The lowest BCUT2D eigenvalue weighted by atomic mass is 9.93. The van der Waals surface area contributed by atoms with Gasteiger partial charge in [0.25, 0.3) is 10.0 Å². The van der Waals surface area contributed by atoms with Crippen molar-refractivity contribution in [2.45, 2.75) is 43.7 Å². The summed E-state index contributed by atoms with van der Waals surface area (Å²) in [6.45, 7) is 2.50. The van der Waals surface area contributed by atoms with Gasteiger partial charge in [0.2, 0.25) is 5.88 Å². The second-order valence-electron chi connectivity index (χ2n) is 8.99. The smallest absolute Gasteiger partial charge is 0.333 e. The first-order valence-corrected chi connectivity index (χ1v) is 13.3. The van der Waals surface area contributed by atoms with Gasteiger partial charge < -0.3 is 20.5 Å². The van der Waals surface area contributed by atoms with Crippen LogP contribution in [0.4, 0.5) is 10.5 Å². The van der Waals surface area contributed by atoms with Crippen molar-refractivity contribution in [3.63, 3.8) is 0 Å². The number of aryl methyl sites for hydroxylation is 2. The van der Waals surface area contributed by atoms with E-state index < -0.39 is 16.1 Å². The van der Waals surface area contributed by atoms with Gasteiger partial charge in [0.05, 0.1) is 24.1 Å². The number of amides is 2. The molecule has 1 unspecified atom stereocenters. The quantitative estimate of drug-likeness (QED) is 0.445. The standard InChI is InChI=1S/C25H28N6O5S/c1-15-10-16-4-3-5-20(16)23(22(15)17-7-9-27-18(11-17)6-8-26)29-25(32)30-37(33,34)21-12-28-31-13-19(35-2)14-36-24(21)31/h6-12,19H,3-5,13-14,26H2,1-2H3,(H2,29,30,32)/b8-6-. The average molecular weight is 525 g/mol. The fraction of sp³-hybridized carbons (Fsp3) is 0.320. The van der Waals surface area contributed by atoms with Gasteiger partial charge in [-0.05, 0) is 72.8 Å². The molecule has 0 bridgehead atoms. The Labute approximate surface area is 214 Å². The normalized spacial score (nSPS) is 16.8. The molecule has 4 N–H and O–H groups in total. The predicted molar refractivity (Wildman–Crippen MR) is 138 cm³/mol. The van der Waals surface area contributed by atoms with Crippen LogP contribution in [0, 0.1) is 6.92 Å². The molecule has 0 saturated heterocycles. The molecular weight excluding hydrogens is 496 g/mol. The van der Waals surface area contributed by atoms with E-state index in [1.54, 1.807) is 19.4 Å². The zero-order valence-electron chi connectivity index (χ0n) is 20.5. The van der Waals surface area contributed by atoms with Gasteiger partial charge in [-0.3, -0.25) is 4.98 Å². The van der Waals surface area contributed by atoms with E-state index in [-0.39, 0.29) is 23.5 Å². The maximum atomic E-state index is 13.1. The number of fused-ring (bicyclic) bond motifs is 2. The van der Waals surface area contributed by atoms with Gasteiger partial charge in [0.15, 0.2) is 4.90 Å². The number of carbonyl (C=O) groups excluding carboxylic acids is 1. The Hall–Kier alpha value is -3.90. The minimum atomic E-state index is -4.26. The van der Waals surface area contributed by atoms with Crippen molar-refractivity contribution in [1.29, 1.82) is 0 Å². The molecule has 3 heterocycles. The lowest BCUT2D eigenvalue weighted by Gasteiger charge is -2.23. The molecule has 1 aliphatic heterocycles. The number of sulfonamides is 1. The Morgan fingerprint density at radius 1 is 1.32 bits per heavy atom. The number of carbonyl (C=O) groups is 1. The molecule has 3 aromatic rings. The van der Waals surface area contributed by atoms with E-state index in [4.69, 9.17) is 15.2 Å².